The fourth-order valence-electron chi connectivity index (χ4n) is 2.94. The van der Waals surface area contributed by atoms with Crippen LogP contribution in [0.4, 0.5) is 0 Å². The molecule has 0 fully saturated rings. The summed E-state index contributed by atoms with van der Waals surface area (Å²) in [6.45, 7) is 1.20. The maximum atomic E-state index is 12.5. The van der Waals surface area contributed by atoms with E-state index in [4.69, 9.17) is 9.15 Å². The first-order valence-corrected chi connectivity index (χ1v) is 8.03. The second-order valence-corrected chi connectivity index (χ2v) is 5.73. The number of ether oxygens (including phenoxy) is 1. The highest BCUT2D eigenvalue weighted by Crippen LogP contribution is 2.25. The van der Waals surface area contributed by atoms with E-state index in [1.165, 1.54) is 6.39 Å². The number of hydrogen-bond acceptors (Lipinski definition) is 6. The summed E-state index contributed by atoms with van der Waals surface area (Å²) in [7, 11) is 1.60. The van der Waals surface area contributed by atoms with Gasteiger partial charge in [0, 0.05) is 18.5 Å². The van der Waals surface area contributed by atoms with E-state index in [-0.39, 0.29) is 11.6 Å². The lowest BCUT2D eigenvalue weighted by Crippen LogP contribution is -2.25. The highest BCUT2D eigenvalue weighted by Gasteiger charge is 2.21. The predicted octanol–water partition coefficient (Wildman–Crippen LogP) is 1.82. The van der Waals surface area contributed by atoms with Crippen molar-refractivity contribution in [3.8, 4) is 17.1 Å². The van der Waals surface area contributed by atoms with Crippen LogP contribution in [0.3, 0.4) is 0 Å². The second kappa shape index (κ2) is 6.39. The third kappa shape index (κ3) is 2.86. The standard InChI is InChI=1S/C17H17N5O3/c1-24-12-6-4-11(5-7-12)16-15(19-10-25-16)17(23)18-9-14-21-20-13-3-2-8-22(13)14/h4-7,10H,2-3,8-9H2,1H3,(H,18,23). The Bertz CT molecular complexity index is 897. The van der Waals surface area contributed by atoms with Gasteiger partial charge in [0.2, 0.25) is 0 Å². The molecule has 25 heavy (non-hydrogen) atoms. The SMILES string of the molecule is COc1ccc(-c2ocnc2C(=O)NCc2nnc3n2CCC3)cc1. The van der Waals surface area contributed by atoms with Gasteiger partial charge in [0.15, 0.2) is 23.7 Å². The molecule has 128 valence electrons. The normalized spacial score (nSPS) is 12.8. The summed E-state index contributed by atoms with van der Waals surface area (Å²) in [5.74, 6) is 2.58. The van der Waals surface area contributed by atoms with E-state index in [1.807, 2.05) is 16.7 Å². The third-order valence-corrected chi connectivity index (χ3v) is 4.23. The lowest BCUT2D eigenvalue weighted by molar-refractivity contribution is 0.0945. The number of carbonyl (C=O) groups excluding carboxylic acids is 1. The minimum absolute atomic E-state index is 0.242. The molecule has 0 aliphatic carbocycles. The number of aryl methyl sites for hydroxylation is 1. The monoisotopic (exact) mass is 339 g/mol. The smallest absolute Gasteiger partial charge is 0.274 e. The Hall–Kier alpha value is -3.16. The highest BCUT2D eigenvalue weighted by molar-refractivity contribution is 5.97. The molecule has 0 unspecified atom stereocenters. The molecule has 0 saturated heterocycles. The molecule has 1 aliphatic heterocycles. The Morgan fingerprint density at radius 1 is 1.32 bits per heavy atom. The molecule has 0 bridgehead atoms. The Labute approximate surface area is 143 Å². The van der Waals surface area contributed by atoms with Gasteiger partial charge < -0.3 is 19.0 Å². The number of oxazole rings is 1. The lowest BCUT2D eigenvalue weighted by Gasteiger charge is -2.06. The topological polar surface area (TPSA) is 95.1 Å². The molecule has 1 N–H and O–H groups in total. The second-order valence-electron chi connectivity index (χ2n) is 5.73. The van der Waals surface area contributed by atoms with E-state index in [0.29, 0.717) is 12.3 Å². The van der Waals surface area contributed by atoms with Crippen LogP contribution in [-0.2, 0) is 19.5 Å². The van der Waals surface area contributed by atoms with Crippen LogP contribution in [-0.4, -0.2) is 32.8 Å². The molecule has 1 aromatic carbocycles. The Morgan fingerprint density at radius 2 is 2.16 bits per heavy atom. The van der Waals surface area contributed by atoms with Gasteiger partial charge in [0.1, 0.15) is 11.6 Å². The van der Waals surface area contributed by atoms with E-state index in [1.54, 1.807) is 19.2 Å². The van der Waals surface area contributed by atoms with Gasteiger partial charge in [-0.3, -0.25) is 4.79 Å². The van der Waals surface area contributed by atoms with Gasteiger partial charge in [-0.25, -0.2) is 4.98 Å². The molecular formula is C17H17N5O3. The first kappa shape index (κ1) is 15.4. The summed E-state index contributed by atoms with van der Waals surface area (Å²) in [5, 5.41) is 11.1. The van der Waals surface area contributed by atoms with Crippen molar-refractivity contribution in [1.29, 1.82) is 0 Å². The summed E-state index contributed by atoms with van der Waals surface area (Å²) in [6.07, 6.45) is 3.27. The van der Waals surface area contributed by atoms with E-state index in [9.17, 15) is 4.79 Å². The Kier molecular flexibility index (Phi) is 3.93. The number of rotatable bonds is 5. The van der Waals surface area contributed by atoms with Crippen molar-refractivity contribution in [1.82, 2.24) is 25.1 Å². The minimum Gasteiger partial charge on any atom is -0.497 e. The van der Waals surface area contributed by atoms with Crippen LogP contribution in [0.15, 0.2) is 35.1 Å². The van der Waals surface area contributed by atoms with Crippen LogP contribution in [0.5, 0.6) is 5.75 Å². The van der Waals surface area contributed by atoms with Crippen molar-refractivity contribution >= 4 is 5.91 Å². The maximum Gasteiger partial charge on any atom is 0.274 e. The zero-order valence-corrected chi connectivity index (χ0v) is 13.7. The van der Waals surface area contributed by atoms with Crippen LogP contribution < -0.4 is 10.1 Å². The fourth-order valence-corrected chi connectivity index (χ4v) is 2.94. The van der Waals surface area contributed by atoms with Crippen LogP contribution in [0.1, 0.15) is 28.6 Å². The first-order chi connectivity index (χ1) is 12.3. The van der Waals surface area contributed by atoms with Gasteiger partial charge in [-0.1, -0.05) is 0 Å². The van der Waals surface area contributed by atoms with Gasteiger partial charge in [-0.2, -0.15) is 0 Å². The van der Waals surface area contributed by atoms with E-state index in [0.717, 1.165) is 42.3 Å². The van der Waals surface area contributed by atoms with E-state index in [2.05, 4.69) is 20.5 Å². The minimum atomic E-state index is -0.310. The molecular weight excluding hydrogens is 322 g/mol. The molecule has 3 aromatic rings. The molecule has 0 spiro atoms. The number of fused-ring (bicyclic) bond motifs is 1. The summed E-state index contributed by atoms with van der Waals surface area (Å²) in [5.41, 5.74) is 0.998. The number of methoxy groups -OCH3 is 1. The van der Waals surface area contributed by atoms with Crippen molar-refractivity contribution in [3.63, 3.8) is 0 Å². The van der Waals surface area contributed by atoms with E-state index < -0.39 is 0 Å². The Morgan fingerprint density at radius 3 is 2.96 bits per heavy atom. The molecule has 0 saturated carbocycles. The van der Waals surface area contributed by atoms with Gasteiger partial charge in [-0.05, 0) is 30.7 Å². The first-order valence-electron chi connectivity index (χ1n) is 8.03. The van der Waals surface area contributed by atoms with Crippen LogP contribution in [0.25, 0.3) is 11.3 Å². The zero-order valence-electron chi connectivity index (χ0n) is 13.7. The molecule has 3 heterocycles. The maximum absolute atomic E-state index is 12.5. The van der Waals surface area contributed by atoms with Crippen molar-refractivity contribution in [2.45, 2.75) is 25.9 Å². The summed E-state index contributed by atoms with van der Waals surface area (Å²) >= 11 is 0. The van der Waals surface area contributed by atoms with Crippen LogP contribution >= 0.6 is 0 Å². The van der Waals surface area contributed by atoms with Gasteiger partial charge in [-0.15, -0.1) is 10.2 Å². The van der Waals surface area contributed by atoms with Crippen molar-refractivity contribution in [2.75, 3.05) is 7.11 Å². The summed E-state index contributed by atoms with van der Waals surface area (Å²) in [6, 6.07) is 7.25. The quantitative estimate of drug-likeness (QED) is 0.762. The zero-order chi connectivity index (χ0) is 17.2. The largest absolute Gasteiger partial charge is 0.497 e. The number of amides is 1. The molecule has 1 aliphatic rings. The predicted molar refractivity (Wildman–Crippen MR) is 88.0 cm³/mol. The molecule has 4 rings (SSSR count). The van der Waals surface area contributed by atoms with E-state index >= 15 is 0 Å². The van der Waals surface area contributed by atoms with Crippen molar-refractivity contribution < 1.29 is 13.9 Å². The summed E-state index contributed by atoms with van der Waals surface area (Å²) < 4.78 is 12.6. The third-order valence-electron chi connectivity index (χ3n) is 4.23. The fraction of sp³-hybridized carbons (Fsp3) is 0.294. The van der Waals surface area contributed by atoms with Gasteiger partial charge >= 0.3 is 0 Å². The Balaban J connectivity index is 1.50. The number of nitrogens with one attached hydrogen (secondary N) is 1. The van der Waals surface area contributed by atoms with Crippen molar-refractivity contribution in [2.24, 2.45) is 0 Å². The van der Waals surface area contributed by atoms with Gasteiger partial charge in [0.05, 0.1) is 13.7 Å². The number of nitrogens with zero attached hydrogens (tertiary/aromatic N) is 4. The summed E-state index contributed by atoms with van der Waals surface area (Å²) in [4.78, 5) is 16.6. The molecule has 0 atom stereocenters. The average molecular weight is 339 g/mol. The number of hydrogen-bond donors (Lipinski definition) is 1. The molecule has 0 radical (unpaired) electrons. The molecule has 8 nitrogen and oxygen atoms in total. The number of benzene rings is 1. The molecule has 1 amide bonds. The van der Waals surface area contributed by atoms with Crippen LogP contribution in [0, 0.1) is 0 Å². The number of aromatic nitrogens is 4. The molecule has 8 heteroatoms. The number of carbonyl (C=O) groups is 1. The highest BCUT2D eigenvalue weighted by atomic mass is 16.5. The van der Waals surface area contributed by atoms with Crippen LogP contribution in [0.2, 0.25) is 0 Å². The molecule has 2 aromatic heterocycles. The van der Waals surface area contributed by atoms with Gasteiger partial charge in [0.25, 0.3) is 5.91 Å². The van der Waals surface area contributed by atoms with Crippen molar-refractivity contribution in [3.05, 3.63) is 48.0 Å². The lowest BCUT2D eigenvalue weighted by atomic mass is 10.1. The average Bonchev–Trinajstić information content (AvgIpc) is 3.36.